The van der Waals surface area contributed by atoms with Crippen LogP contribution >= 0.6 is 0 Å². The predicted octanol–water partition coefficient (Wildman–Crippen LogP) is 5.04. The first kappa shape index (κ1) is 23.0. The first-order valence-electron chi connectivity index (χ1n) is 9.33. The van der Waals surface area contributed by atoms with E-state index < -0.39 is 36.0 Å². The summed E-state index contributed by atoms with van der Waals surface area (Å²) in [4.78, 5) is 28.8. The summed E-state index contributed by atoms with van der Waals surface area (Å²) in [5, 5.41) is 8.14. The molecule has 1 heterocycles. The molecular weight excluding hydrogens is 434 g/mol. The van der Waals surface area contributed by atoms with Crippen LogP contribution < -0.4 is 10.6 Å². The summed E-state index contributed by atoms with van der Waals surface area (Å²) in [5.41, 5.74) is -2.16. The Labute approximate surface area is 180 Å². The van der Waals surface area contributed by atoms with Crippen LogP contribution in [0.15, 0.2) is 35.5 Å². The van der Waals surface area contributed by atoms with Gasteiger partial charge in [-0.25, -0.2) is 9.18 Å². The van der Waals surface area contributed by atoms with Crippen molar-refractivity contribution in [1.29, 1.82) is 0 Å². The lowest BCUT2D eigenvalue weighted by molar-refractivity contribution is -0.275. The third kappa shape index (κ3) is 4.23. The van der Waals surface area contributed by atoms with Crippen LogP contribution in [0.2, 0.25) is 0 Å². The Bertz CT molecular complexity index is 1070. The lowest BCUT2D eigenvalue weighted by Gasteiger charge is -2.30. The van der Waals surface area contributed by atoms with Gasteiger partial charge in [0, 0.05) is 29.6 Å². The van der Waals surface area contributed by atoms with Gasteiger partial charge in [0.2, 0.25) is 0 Å². The van der Waals surface area contributed by atoms with E-state index in [1.54, 1.807) is 0 Å². The van der Waals surface area contributed by atoms with Gasteiger partial charge >= 0.3 is 12.3 Å². The molecule has 1 atom stereocenters. The van der Waals surface area contributed by atoms with E-state index in [2.05, 4.69) is 20.5 Å². The molecule has 1 aliphatic heterocycles. The van der Waals surface area contributed by atoms with Crippen molar-refractivity contribution in [2.45, 2.75) is 32.0 Å². The van der Waals surface area contributed by atoms with Gasteiger partial charge in [0.25, 0.3) is 11.5 Å². The number of oxime groups is 1. The quantitative estimate of drug-likeness (QED) is 0.635. The molecule has 2 aromatic rings. The molecule has 170 valence electrons. The number of benzene rings is 2. The summed E-state index contributed by atoms with van der Waals surface area (Å²) >= 11 is 0. The Morgan fingerprint density at radius 2 is 1.78 bits per heavy atom. The van der Waals surface area contributed by atoms with Crippen molar-refractivity contribution < 1.29 is 36.7 Å². The van der Waals surface area contributed by atoms with E-state index in [9.17, 15) is 27.2 Å². The molecule has 0 saturated carbocycles. The maximum Gasteiger partial charge on any atom is 0.435 e. The lowest BCUT2D eigenvalue weighted by Crippen LogP contribution is -2.42. The van der Waals surface area contributed by atoms with E-state index in [4.69, 9.17) is 4.84 Å². The number of anilines is 2. The number of nitrogens with zero attached hydrogens (tertiary/aromatic N) is 1. The van der Waals surface area contributed by atoms with Gasteiger partial charge < -0.3 is 14.9 Å². The largest absolute Gasteiger partial charge is 0.453 e. The Balaban J connectivity index is 1.91. The standard InChI is InChI=1S/C21H19F4N3O4/c1-11-8-13(20(21(23,24)25)6-7-26-32-20)9-12(2)17(11)28-18(29)15-10-14(4-5-16(15)22)27-19(30)31-3/h4-5,7-10H,6H2,1-3H3,(H,27,30)(H,28,29). The summed E-state index contributed by atoms with van der Waals surface area (Å²) in [5.74, 6) is -1.70. The minimum absolute atomic E-state index is 0.123. The number of rotatable bonds is 4. The average molecular weight is 453 g/mol. The summed E-state index contributed by atoms with van der Waals surface area (Å²) in [6, 6.07) is 5.85. The second kappa shape index (κ2) is 8.48. The molecule has 0 radical (unpaired) electrons. The van der Waals surface area contributed by atoms with Crippen LogP contribution in [-0.4, -0.2) is 31.5 Å². The first-order chi connectivity index (χ1) is 15.0. The highest BCUT2D eigenvalue weighted by atomic mass is 19.4. The lowest BCUT2D eigenvalue weighted by atomic mass is 9.87. The number of hydrogen-bond acceptors (Lipinski definition) is 5. The van der Waals surface area contributed by atoms with Gasteiger partial charge in [-0.05, 0) is 55.3 Å². The summed E-state index contributed by atoms with van der Waals surface area (Å²) in [6.07, 6.45) is -4.95. The third-order valence-electron chi connectivity index (χ3n) is 5.00. The van der Waals surface area contributed by atoms with Crippen LogP contribution in [0.25, 0.3) is 0 Å². The number of carbonyl (C=O) groups excluding carboxylic acids is 2. The van der Waals surface area contributed by atoms with Crippen LogP contribution in [0.1, 0.15) is 33.5 Å². The molecule has 32 heavy (non-hydrogen) atoms. The second-order valence-corrected chi connectivity index (χ2v) is 7.16. The SMILES string of the molecule is COC(=O)Nc1ccc(F)c(C(=O)Nc2c(C)cc(C3(C(F)(F)F)CC=NO3)cc2C)c1. The molecular formula is C21H19F4N3O4. The van der Waals surface area contributed by atoms with E-state index in [0.717, 1.165) is 25.5 Å². The van der Waals surface area contributed by atoms with Crippen molar-refractivity contribution in [2.24, 2.45) is 5.16 Å². The molecule has 0 saturated heterocycles. The fourth-order valence-electron chi connectivity index (χ4n) is 3.35. The summed E-state index contributed by atoms with van der Waals surface area (Å²) < 4.78 is 59.9. The van der Waals surface area contributed by atoms with Crippen molar-refractivity contribution in [1.82, 2.24) is 0 Å². The molecule has 0 aromatic heterocycles. The molecule has 1 aliphatic rings. The van der Waals surface area contributed by atoms with Crippen LogP contribution in [0, 0.1) is 19.7 Å². The van der Waals surface area contributed by atoms with E-state index in [0.29, 0.717) is 11.1 Å². The number of alkyl halides is 3. The minimum atomic E-state index is -4.72. The van der Waals surface area contributed by atoms with Gasteiger partial charge in [-0.15, -0.1) is 0 Å². The zero-order valence-corrected chi connectivity index (χ0v) is 17.3. The van der Waals surface area contributed by atoms with E-state index in [1.807, 2.05) is 0 Å². The topological polar surface area (TPSA) is 89.0 Å². The summed E-state index contributed by atoms with van der Waals surface area (Å²) in [6.45, 7) is 3.02. The van der Waals surface area contributed by atoms with Crippen molar-refractivity contribution in [3.63, 3.8) is 0 Å². The average Bonchev–Trinajstić information content (AvgIpc) is 3.23. The third-order valence-corrected chi connectivity index (χ3v) is 5.00. The van der Waals surface area contributed by atoms with Gasteiger partial charge in [-0.1, -0.05) is 5.16 Å². The fraction of sp³-hybridized carbons (Fsp3) is 0.286. The number of nitrogens with one attached hydrogen (secondary N) is 2. The molecule has 0 fully saturated rings. The molecule has 2 amide bonds. The Kier molecular flexibility index (Phi) is 6.11. The normalized spacial score (nSPS) is 17.6. The Morgan fingerprint density at radius 1 is 1.12 bits per heavy atom. The van der Waals surface area contributed by atoms with Gasteiger partial charge in [0.05, 0.1) is 12.7 Å². The number of aryl methyl sites for hydroxylation is 2. The molecule has 2 aromatic carbocycles. The molecule has 1 unspecified atom stereocenters. The van der Waals surface area contributed by atoms with Crippen LogP contribution in [0.5, 0.6) is 0 Å². The maximum atomic E-state index is 14.2. The number of hydrogen-bond donors (Lipinski definition) is 2. The van der Waals surface area contributed by atoms with E-state index in [1.165, 1.54) is 32.0 Å². The highest BCUT2D eigenvalue weighted by molar-refractivity contribution is 6.06. The fourth-order valence-corrected chi connectivity index (χ4v) is 3.35. The molecule has 3 rings (SSSR count). The number of ether oxygens (including phenoxy) is 1. The van der Waals surface area contributed by atoms with Crippen molar-refractivity contribution >= 4 is 29.6 Å². The van der Waals surface area contributed by atoms with E-state index >= 15 is 0 Å². The zero-order chi connectivity index (χ0) is 23.7. The van der Waals surface area contributed by atoms with Crippen LogP contribution in [0.3, 0.4) is 0 Å². The second-order valence-electron chi connectivity index (χ2n) is 7.16. The molecule has 0 bridgehead atoms. The van der Waals surface area contributed by atoms with Crippen molar-refractivity contribution in [3.05, 3.63) is 58.4 Å². The molecule has 0 aliphatic carbocycles. The zero-order valence-electron chi connectivity index (χ0n) is 17.3. The number of amides is 2. The Morgan fingerprint density at radius 3 is 2.31 bits per heavy atom. The summed E-state index contributed by atoms with van der Waals surface area (Å²) in [7, 11) is 1.15. The monoisotopic (exact) mass is 453 g/mol. The van der Waals surface area contributed by atoms with E-state index in [-0.39, 0.29) is 22.5 Å². The molecule has 0 spiro atoms. The van der Waals surface area contributed by atoms with Gasteiger partial charge in [-0.2, -0.15) is 13.2 Å². The predicted molar refractivity (Wildman–Crippen MR) is 108 cm³/mol. The van der Waals surface area contributed by atoms with Crippen LogP contribution in [-0.2, 0) is 15.2 Å². The molecule has 11 heteroatoms. The molecule has 7 nitrogen and oxygen atoms in total. The smallest absolute Gasteiger partial charge is 0.435 e. The van der Waals surface area contributed by atoms with Crippen molar-refractivity contribution in [3.8, 4) is 0 Å². The highest BCUT2D eigenvalue weighted by Gasteiger charge is 2.60. The number of halogens is 4. The van der Waals surface area contributed by atoms with Gasteiger partial charge in [-0.3, -0.25) is 10.1 Å². The maximum absolute atomic E-state index is 14.2. The number of carbonyl (C=O) groups is 2. The van der Waals surface area contributed by atoms with Crippen LogP contribution in [0.4, 0.5) is 33.7 Å². The molecule has 2 N–H and O–H groups in total. The Hall–Kier alpha value is -3.63. The number of methoxy groups -OCH3 is 1. The first-order valence-corrected chi connectivity index (χ1v) is 9.33. The highest BCUT2D eigenvalue weighted by Crippen LogP contribution is 2.47. The van der Waals surface area contributed by atoms with Crippen molar-refractivity contribution in [2.75, 3.05) is 17.7 Å². The minimum Gasteiger partial charge on any atom is -0.453 e. The van der Waals surface area contributed by atoms with Gasteiger partial charge in [0.15, 0.2) is 0 Å². The van der Waals surface area contributed by atoms with Gasteiger partial charge in [0.1, 0.15) is 5.82 Å².